The summed E-state index contributed by atoms with van der Waals surface area (Å²) in [7, 11) is 1.76. The summed E-state index contributed by atoms with van der Waals surface area (Å²) in [5.41, 5.74) is -0.816. The van der Waals surface area contributed by atoms with Crippen molar-refractivity contribution in [2.45, 2.75) is 64.1 Å². The van der Waals surface area contributed by atoms with Crippen LogP contribution in [0.1, 0.15) is 52.9 Å². The summed E-state index contributed by atoms with van der Waals surface area (Å²) in [5.74, 6) is 1.52. The first kappa shape index (κ1) is 15.3. The van der Waals surface area contributed by atoms with Gasteiger partial charge in [0.05, 0.1) is 11.2 Å². The van der Waals surface area contributed by atoms with E-state index in [-0.39, 0.29) is 12.2 Å². The van der Waals surface area contributed by atoms with Crippen molar-refractivity contribution in [1.29, 1.82) is 0 Å². The molecule has 0 amide bonds. The van der Waals surface area contributed by atoms with E-state index in [1.54, 1.807) is 7.11 Å². The Morgan fingerprint density at radius 3 is 2.58 bits per heavy atom. The van der Waals surface area contributed by atoms with E-state index in [0.29, 0.717) is 23.7 Å². The fourth-order valence-corrected chi connectivity index (χ4v) is 4.47. The van der Waals surface area contributed by atoms with E-state index in [2.05, 4.69) is 13.8 Å². The first-order chi connectivity index (χ1) is 8.81. The van der Waals surface area contributed by atoms with Crippen LogP contribution in [-0.2, 0) is 4.74 Å². The summed E-state index contributed by atoms with van der Waals surface area (Å²) in [6, 6.07) is 0. The molecule has 5 atom stereocenters. The third-order valence-electron chi connectivity index (χ3n) is 5.97. The number of aliphatic hydroxyl groups is 2. The van der Waals surface area contributed by atoms with Crippen LogP contribution in [-0.4, -0.2) is 35.1 Å². The lowest BCUT2D eigenvalue weighted by atomic mass is 9.55. The maximum atomic E-state index is 10.9. The van der Waals surface area contributed by atoms with Crippen molar-refractivity contribution >= 4 is 0 Å². The zero-order valence-electron chi connectivity index (χ0n) is 12.9. The van der Waals surface area contributed by atoms with Gasteiger partial charge in [0.25, 0.3) is 0 Å². The normalized spacial score (nSPS) is 43.9. The average Bonchev–Trinajstić information content (AvgIpc) is 2.37. The number of ether oxygens (including phenoxy) is 1. The van der Waals surface area contributed by atoms with Gasteiger partial charge in [0.1, 0.15) is 0 Å². The molecule has 1 unspecified atom stereocenters. The largest absolute Gasteiger partial charge is 0.396 e. The molecule has 3 heteroatoms. The molecule has 0 aromatic rings. The molecule has 0 aromatic heterocycles. The van der Waals surface area contributed by atoms with E-state index >= 15 is 0 Å². The van der Waals surface area contributed by atoms with Crippen molar-refractivity contribution in [1.82, 2.24) is 0 Å². The van der Waals surface area contributed by atoms with Gasteiger partial charge in [-0.15, -0.1) is 0 Å². The van der Waals surface area contributed by atoms with E-state index in [9.17, 15) is 10.2 Å². The molecule has 0 saturated heterocycles. The van der Waals surface area contributed by atoms with E-state index in [1.165, 1.54) is 0 Å². The maximum absolute atomic E-state index is 10.9. The van der Waals surface area contributed by atoms with Crippen molar-refractivity contribution in [3.8, 4) is 0 Å². The Hall–Kier alpha value is -0.120. The highest BCUT2D eigenvalue weighted by atomic mass is 16.5. The number of methoxy groups -OCH3 is 1. The fourth-order valence-electron chi connectivity index (χ4n) is 4.47. The minimum Gasteiger partial charge on any atom is -0.396 e. The van der Waals surface area contributed by atoms with Crippen molar-refractivity contribution in [2.75, 3.05) is 13.7 Å². The molecule has 0 spiro atoms. The molecule has 2 fully saturated rings. The molecule has 2 rings (SSSR count). The maximum Gasteiger partial charge on any atom is 0.0654 e. The summed E-state index contributed by atoms with van der Waals surface area (Å²) in [4.78, 5) is 0. The number of fused-ring (bicyclic) bond motifs is 1. The molecule has 2 saturated carbocycles. The average molecular weight is 270 g/mol. The van der Waals surface area contributed by atoms with Gasteiger partial charge in [0.2, 0.25) is 0 Å². The third-order valence-corrected chi connectivity index (χ3v) is 5.97. The Kier molecular flexibility index (Phi) is 4.29. The molecule has 112 valence electrons. The summed E-state index contributed by atoms with van der Waals surface area (Å²) in [6.45, 7) is 6.48. The van der Waals surface area contributed by atoms with Gasteiger partial charge in [-0.1, -0.05) is 6.42 Å². The second kappa shape index (κ2) is 5.34. The number of hydrogen-bond acceptors (Lipinski definition) is 3. The topological polar surface area (TPSA) is 49.7 Å². The summed E-state index contributed by atoms with van der Waals surface area (Å²) < 4.78 is 5.65. The Bertz CT molecular complexity index is 311. The molecular formula is C16H30O3. The molecule has 19 heavy (non-hydrogen) atoms. The van der Waals surface area contributed by atoms with Gasteiger partial charge in [-0.05, 0) is 70.1 Å². The smallest absolute Gasteiger partial charge is 0.0654 e. The molecule has 0 bridgehead atoms. The second-order valence-corrected chi connectivity index (χ2v) is 7.45. The van der Waals surface area contributed by atoms with Crippen LogP contribution in [0.4, 0.5) is 0 Å². The summed E-state index contributed by atoms with van der Waals surface area (Å²) in [6.07, 6.45) is 5.24. The molecule has 0 radical (unpaired) electrons. The van der Waals surface area contributed by atoms with Gasteiger partial charge in [-0.2, -0.15) is 0 Å². The quantitative estimate of drug-likeness (QED) is 0.829. The third kappa shape index (κ3) is 2.84. The van der Waals surface area contributed by atoms with Crippen molar-refractivity contribution in [3.05, 3.63) is 0 Å². The van der Waals surface area contributed by atoms with Crippen LogP contribution in [0.5, 0.6) is 0 Å². The highest BCUT2D eigenvalue weighted by Gasteiger charge is 2.51. The minimum absolute atomic E-state index is 0.202. The number of rotatable bonds is 3. The fraction of sp³-hybridized carbons (Fsp3) is 1.00. The van der Waals surface area contributed by atoms with Gasteiger partial charge in [-0.25, -0.2) is 0 Å². The zero-order chi connectivity index (χ0) is 14.3. The van der Waals surface area contributed by atoms with Gasteiger partial charge < -0.3 is 14.9 Å². The molecule has 2 aliphatic rings. The van der Waals surface area contributed by atoms with Gasteiger partial charge in [0, 0.05) is 13.7 Å². The highest BCUT2D eigenvalue weighted by molar-refractivity contribution is 5.01. The van der Waals surface area contributed by atoms with Crippen molar-refractivity contribution < 1.29 is 14.9 Å². The van der Waals surface area contributed by atoms with Crippen LogP contribution in [0.15, 0.2) is 0 Å². The Labute approximate surface area is 117 Å². The summed E-state index contributed by atoms with van der Waals surface area (Å²) in [5, 5.41) is 20.5. The van der Waals surface area contributed by atoms with Crippen molar-refractivity contribution in [2.24, 2.45) is 23.7 Å². The molecular weight excluding hydrogens is 240 g/mol. The van der Waals surface area contributed by atoms with Gasteiger partial charge in [-0.3, -0.25) is 0 Å². The highest BCUT2D eigenvalue weighted by Crippen LogP contribution is 2.52. The lowest BCUT2D eigenvalue weighted by molar-refractivity contribution is -0.153. The minimum atomic E-state index is -0.614. The van der Waals surface area contributed by atoms with E-state index in [1.807, 2.05) is 6.92 Å². The number of aliphatic hydroxyl groups excluding tert-OH is 1. The second-order valence-electron chi connectivity index (χ2n) is 7.45. The van der Waals surface area contributed by atoms with E-state index in [0.717, 1.165) is 32.1 Å². The predicted molar refractivity (Wildman–Crippen MR) is 75.8 cm³/mol. The van der Waals surface area contributed by atoms with Crippen LogP contribution in [0.25, 0.3) is 0 Å². The lowest BCUT2D eigenvalue weighted by Crippen LogP contribution is -2.54. The van der Waals surface area contributed by atoms with Gasteiger partial charge >= 0.3 is 0 Å². The monoisotopic (exact) mass is 270 g/mol. The van der Waals surface area contributed by atoms with Crippen LogP contribution in [0.2, 0.25) is 0 Å². The zero-order valence-corrected chi connectivity index (χ0v) is 12.9. The SMILES string of the molecule is COC(C)(C)C1C[C@H]2[C@@H](CO)CCC[C@@H]2[C@@](C)(O)C1. The molecule has 2 aliphatic carbocycles. The van der Waals surface area contributed by atoms with Crippen LogP contribution < -0.4 is 0 Å². The Morgan fingerprint density at radius 1 is 1.32 bits per heavy atom. The van der Waals surface area contributed by atoms with Crippen LogP contribution in [0.3, 0.4) is 0 Å². The van der Waals surface area contributed by atoms with E-state index in [4.69, 9.17) is 4.74 Å². The van der Waals surface area contributed by atoms with E-state index < -0.39 is 5.60 Å². The predicted octanol–water partition coefficient (Wildman–Crippen LogP) is 2.60. The standard InChI is InChI=1S/C16H30O3/c1-15(2,19-4)12-8-13-11(10-17)6-5-7-14(13)16(3,18)9-12/h11-14,17-18H,5-10H2,1-4H3/t11-,12?,13+,14+,16+/m1/s1. The number of hydrogen-bond donors (Lipinski definition) is 2. The molecule has 2 N–H and O–H groups in total. The summed E-state index contributed by atoms with van der Waals surface area (Å²) >= 11 is 0. The molecule has 0 heterocycles. The Balaban J connectivity index is 2.22. The van der Waals surface area contributed by atoms with Crippen LogP contribution >= 0.6 is 0 Å². The van der Waals surface area contributed by atoms with Gasteiger partial charge in [0.15, 0.2) is 0 Å². The van der Waals surface area contributed by atoms with Crippen molar-refractivity contribution in [3.63, 3.8) is 0 Å². The molecule has 0 aliphatic heterocycles. The Morgan fingerprint density at radius 2 is 2.00 bits per heavy atom. The van der Waals surface area contributed by atoms with Crippen LogP contribution in [0, 0.1) is 23.7 Å². The molecule has 0 aromatic carbocycles. The lowest BCUT2D eigenvalue weighted by Gasteiger charge is -2.53. The first-order valence-electron chi connectivity index (χ1n) is 7.70. The first-order valence-corrected chi connectivity index (χ1v) is 7.70. The molecule has 3 nitrogen and oxygen atoms in total.